The first-order valence-electron chi connectivity index (χ1n) is 8.40. The number of aromatic nitrogens is 2. The molecule has 1 aliphatic heterocycles. The number of hydrogen-bond donors (Lipinski definition) is 0. The molecule has 1 fully saturated rings. The molecule has 0 aliphatic carbocycles. The molecule has 1 saturated heterocycles. The Kier molecular flexibility index (Phi) is 4.92. The number of benzene rings is 2. The summed E-state index contributed by atoms with van der Waals surface area (Å²) in [6.07, 6.45) is 1.34. The average molecular weight is 408 g/mol. The molecule has 3 aromatic rings. The monoisotopic (exact) mass is 408 g/mol. The van der Waals surface area contributed by atoms with Crippen molar-refractivity contribution >= 4 is 34.7 Å². The highest BCUT2D eigenvalue weighted by Gasteiger charge is 2.36. The van der Waals surface area contributed by atoms with Crippen LogP contribution < -0.4 is 0 Å². The van der Waals surface area contributed by atoms with E-state index in [9.17, 15) is 19.7 Å². The number of hydrogen-bond acceptors (Lipinski definition) is 8. The molecule has 4 rings (SSSR count). The number of imide groups is 1. The number of carbonyl (C=O) groups is 2. The number of nitrogens with zero attached hydrogens (tertiary/aromatic N) is 4. The average Bonchev–Trinajstić information content (AvgIpc) is 3.30. The van der Waals surface area contributed by atoms with Crippen molar-refractivity contribution in [2.24, 2.45) is 0 Å². The first kappa shape index (κ1) is 18.6. The van der Waals surface area contributed by atoms with Gasteiger partial charge in [0, 0.05) is 11.6 Å². The van der Waals surface area contributed by atoms with Crippen molar-refractivity contribution in [3.05, 3.63) is 81.1 Å². The standard InChI is InChI=1S/C19H12N4O5S/c24-18-15(10-13-8-4-5-9-14(13)23(26)27)29-19(25)22(18)11-16-20-17(21-28-16)12-6-2-1-3-7-12/h1-10H,11H2. The van der Waals surface area contributed by atoms with Gasteiger partial charge in [-0.15, -0.1) is 0 Å². The summed E-state index contributed by atoms with van der Waals surface area (Å²) in [6.45, 7) is -0.182. The predicted molar refractivity (Wildman–Crippen MR) is 104 cm³/mol. The molecule has 0 atom stereocenters. The molecule has 1 aliphatic rings. The highest BCUT2D eigenvalue weighted by Crippen LogP contribution is 2.34. The molecule has 2 heterocycles. The number of para-hydroxylation sites is 1. The van der Waals surface area contributed by atoms with E-state index >= 15 is 0 Å². The molecule has 9 nitrogen and oxygen atoms in total. The fourth-order valence-corrected chi connectivity index (χ4v) is 3.54. The second kappa shape index (κ2) is 7.68. The number of thioether (sulfide) groups is 1. The molecule has 0 saturated carbocycles. The lowest BCUT2D eigenvalue weighted by Crippen LogP contribution is -2.27. The minimum Gasteiger partial charge on any atom is -0.337 e. The van der Waals surface area contributed by atoms with Crippen molar-refractivity contribution in [3.63, 3.8) is 0 Å². The van der Waals surface area contributed by atoms with Gasteiger partial charge in [0.05, 0.1) is 15.4 Å². The Morgan fingerprint density at radius 2 is 1.83 bits per heavy atom. The molecule has 0 radical (unpaired) electrons. The van der Waals surface area contributed by atoms with E-state index in [0.29, 0.717) is 17.6 Å². The molecular weight excluding hydrogens is 396 g/mol. The van der Waals surface area contributed by atoms with Crippen LogP contribution in [0.2, 0.25) is 0 Å². The zero-order valence-corrected chi connectivity index (χ0v) is 15.5. The van der Waals surface area contributed by atoms with Crippen LogP contribution in [-0.2, 0) is 11.3 Å². The highest BCUT2D eigenvalue weighted by atomic mass is 32.2. The van der Waals surface area contributed by atoms with E-state index < -0.39 is 16.1 Å². The molecule has 10 heteroatoms. The highest BCUT2D eigenvalue weighted by molar-refractivity contribution is 8.18. The minimum absolute atomic E-state index is 0.0899. The number of carbonyl (C=O) groups excluding carboxylic acids is 2. The Hall–Kier alpha value is -3.79. The van der Waals surface area contributed by atoms with Crippen LogP contribution in [0.1, 0.15) is 11.5 Å². The second-order valence-electron chi connectivity index (χ2n) is 5.96. The van der Waals surface area contributed by atoms with E-state index in [4.69, 9.17) is 4.52 Å². The number of nitro groups is 1. The Bertz CT molecular complexity index is 1140. The van der Waals surface area contributed by atoms with E-state index in [0.717, 1.165) is 10.5 Å². The summed E-state index contributed by atoms with van der Waals surface area (Å²) in [4.78, 5) is 40.8. The van der Waals surface area contributed by atoms with Gasteiger partial charge in [0.25, 0.3) is 16.8 Å². The van der Waals surface area contributed by atoms with Gasteiger partial charge in [0.1, 0.15) is 6.54 Å². The molecule has 0 N–H and O–H groups in total. The van der Waals surface area contributed by atoms with Crippen molar-refractivity contribution in [2.45, 2.75) is 6.54 Å². The van der Waals surface area contributed by atoms with E-state index in [1.165, 1.54) is 24.3 Å². The lowest BCUT2D eigenvalue weighted by atomic mass is 10.1. The van der Waals surface area contributed by atoms with E-state index in [-0.39, 0.29) is 28.6 Å². The van der Waals surface area contributed by atoms with Crippen molar-refractivity contribution < 1.29 is 19.0 Å². The zero-order valence-electron chi connectivity index (χ0n) is 14.7. The van der Waals surface area contributed by atoms with Gasteiger partial charge in [0.15, 0.2) is 0 Å². The van der Waals surface area contributed by atoms with E-state index in [1.807, 2.05) is 30.3 Å². The maximum Gasteiger partial charge on any atom is 0.294 e. The van der Waals surface area contributed by atoms with Crippen molar-refractivity contribution in [1.29, 1.82) is 0 Å². The van der Waals surface area contributed by atoms with Crippen LogP contribution in [0.5, 0.6) is 0 Å². The van der Waals surface area contributed by atoms with Crippen molar-refractivity contribution in [1.82, 2.24) is 15.0 Å². The number of nitro benzene ring substituents is 1. The Balaban J connectivity index is 1.55. The van der Waals surface area contributed by atoms with Crippen LogP contribution in [0.15, 0.2) is 64.0 Å². The van der Waals surface area contributed by atoms with Crippen LogP contribution in [0.25, 0.3) is 17.5 Å². The fourth-order valence-electron chi connectivity index (χ4n) is 2.71. The van der Waals surface area contributed by atoms with Crippen molar-refractivity contribution in [3.8, 4) is 11.4 Å². The molecule has 0 bridgehead atoms. The Morgan fingerprint density at radius 3 is 2.59 bits per heavy atom. The van der Waals surface area contributed by atoms with Gasteiger partial charge in [-0.25, -0.2) is 0 Å². The smallest absolute Gasteiger partial charge is 0.294 e. The molecule has 2 amide bonds. The summed E-state index contributed by atoms with van der Waals surface area (Å²) in [5.74, 6) is -0.112. The van der Waals surface area contributed by atoms with Gasteiger partial charge >= 0.3 is 0 Å². The zero-order chi connectivity index (χ0) is 20.4. The number of rotatable bonds is 5. The van der Waals surface area contributed by atoms with E-state index in [1.54, 1.807) is 6.07 Å². The van der Waals surface area contributed by atoms with E-state index in [2.05, 4.69) is 10.1 Å². The third-order valence-electron chi connectivity index (χ3n) is 4.09. The molecule has 144 valence electrons. The molecule has 2 aromatic carbocycles. The van der Waals surface area contributed by atoms with Crippen LogP contribution in [0.4, 0.5) is 10.5 Å². The Labute approximate surface area is 168 Å². The van der Waals surface area contributed by atoms with Gasteiger partial charge in [-0.05, 0) is 23.9 Å². The second-order valence-corrected chi connectivity index (χ2v) is 6.95. The summed E-state index contributed by atoms with van der Waals surface area (Å²) in [5, 5.41) is 14.5. The summed E-state index contributed by atoms with van der Waals surface area (Å²) in [5.41, 5.74) is 0.837. The lowest BCUT2D eigenvalue weighted by Gasteiger charge is -2.08. The normalized spacial score (nSPS) is 15.3. The summed E-state index contributed by atoms with van der Waals surface area (Å²) >= 11 is 0.706. The van der Waals surface area contributed by atoms with Gasteiger partial charge in [-0.3, -0.25) is 24.6 Å². The fraction of sp³-hybridized carbons (Fsp3) is 0.0526. The molecule has 1 aromatic heterocycles. The van der Waals surface area contributed by atoms with Gasteiger partial charge in [-0.1, -0.05) is 47.6 Å². The molecule has 0 spiro atoms. The maximum atomic E-state index is 12.6. The van der Waals surface area contributed by atoms with Crippen LogP contribution in [0, 0.1) is 10.1 Å². The summed E-state index contributed by atoms with van der Waals surface area (Å²) < 4.78 is 5.16. The lowest BCUT2D eigenvalue weighted by molar-refractivity contribution is -0.385. The van der Waals surface area contributed by atoms with Gasteiger partial charge in [-0.2, -0.15) is 4.98 Å². The Morgan fingerprint density at radius 1 is 1.10 bits per heavy atom. The van der Waals surface area contributed by atoms with Gasteiger partial charge < -0.3 is 4.52 Å². The minimum atomic E-state index is -0.572. The maximum absolute atomic E-state index is 12.6. The van der Waals surface area contributed by atoms with Crippen LogP contribution in [-0.4, -0.2) is 31.1 Å². The summed E-state index contributed by atoms with van der Waals surface area (Å²) in [7, 11) is 0. The number of amides is 2. The molecular formula is C19H12N4O5S. The first-order chi connectivity index (χ1) is 14.0. The third kappa shape index (κ3) is 3.78. The van der Waals surface area contributed by atoms with Gasteiger partial charge in [0.2, 0.25) is 11.7 Å². The topological polar surface area (TPSA) is 119 Å². The first-order valence-corrected chi connectivity index (χ1v) is 9.21. The quantitative estimate of drug-likeness (QED) is 0.354. The largest absolute Gasteiger partial charge is 0.337 e. The molecule has 29 heavy (non-hydrogen) atoms. The third-order valence-corrected chi connectivity index (χ3v) is 4.99. The van der Waals surface area contributed by atoms with Crippen LogP contribution >= 0.6 is 11.8 Å². The van der Waals surface area contributed by atoms with Crippen molar-refractivity contribution in [2.75, 3.05) is 0 Å². The summed E-state index contributed by atoms with van der Waals surface area (Å²) in [6, 6.07) is 15.1. The predicted octanol–water partition coefficient (Wildman–Crippen LogP) is 3.88. The van der Waals surface area contributed by atoms with Crippen LogP contribution in [0.3, 0.4) is 0 Å². The molecule has 0 unspecified atom stereocenters. The SMILES string of the molecule is O=C1SC(=Cc2ccccc2[N+](=O)[O-])C(=O)N1Cc1nc(-c2ccccc2)no1.